The maximum Gasteiger partial charge on any atom is 0.264 e. The minimum atomic E-state index is -3.45. The van der Waals surface area contributed by atoms with Crippen molar-refractivity contribution in [2.45, 2.75) is 25.9 Å². The molecular formula is C15H18N4O5S2. The van der Waals surface area contributed by atoms with Crippen molar-refractivity contribution >= 4 is 37.5 Å². The van der Waals surface area contributed by atoms with Gasteiger partial charge in [-0.3, -0.25) is 14.8 Å². The predicted molar refractivity (Wildman–Crippen MR) is 97.4 cm³/mol. The van der Waals surface area contributed by atoms with Gasteiger partial charge in [-0.15, -0.1) is 10.2 Å². The third-order valence-corrected chi connectivity index (χ3v) is 4.81. The molecule has 1 aromatic carbocycles. The molecule has 0 aliphatic carbocycles. The topological polar surface area (TPSA) is 120 Å². The Morgan fingerprint density at radius 2 is 2.08 bits per heavy atom. The molecule has 2 heterocycles. The lowest BCUT2D eigenvalue weighted by molar-refractivity contribution is -0.118. The van der Waals surface area contributed by atoms with Gasteiger partial charge in [0.1, 0.15) is 5.60 Å². The first-order valence-corrected chi connectivity index (χ1v) is 10.4. The van der Waals surface area contributed by atoms with Crippen molar-refractivity contribution in [1.29, 1.82) is 0 Å². The Hall–Kier alpha value is -2.40. The smallest absolute Gasteiger partial charge is 0.264 e. The normalized spacial score (nSPS) is 15.0. The first-order valence-electron chi connectivity index (χ1n) is 7.66. The third-order valence-electron chi connectivity index (χ3n) is 3.36. The molecule has 1 aliphatic rings. The van der Waals surface area contributed by atoms with E-state index in [1.54, 1.807) is 6.07 Å². The van der Waals surface area contributed by atoms with Gasteiger partial charge in [0.05, 0.1) is 6.26 Å². The number of nitrogens with zero attached hydrogens (tertiary/aromatic N) is 2. The van der Waals surface area contributed by atoms with Gasteiger partial charge >= 0.3 is 0 Å². The van der Waals surface area contributed by atoms with Crippen molar-refractivity contribution in [2.75, 3.05) is 22.9 Å². The molecule has 0 atom stereocenters. The Kier molecular flexibility index (Phi) is 4.76. The summed E-state index contributed by atoms with van der Waals surface area (Å²) >= 11 is 0.905. The molecule has 9 nitrogen and oxygen atoms in total. The van der Waals surface area contributed by atoms with E-state index < -0.39 is 15.9 Å². The predicted octanol–water partition coefficient (Wildman–Crippen LogP) is 1.64. The fourth-order valence-corrected chi connectivity index (χ4v) is 3.96. The lowest BCUT2D eigenvalue weighted by Gasteiger charge is -2.18. The molecule has 0 saturated heterocycles. The van der Waals surface area contributed by atoms with Crippen molar-refractivity contribution in [3.05, 3.63) is 23.8 Å². The highest BCUT2D eigenvalue weighted by atomic mass is 32.2. The number of sulfonamides is 1. The number of para-hydroxylation sites is 1. The molecule has 1 amide bonds. The van der Waals surface area contributed by atoms with Crippen LogP contribution in [0.25, 0.3) is 0 Å². The molecule has 1 aromatic heterocycles. The zero-order valence-corrected chi connectivity index (χ0v) is 16.0. The number of amides is 1. The van der Waals surface area contributed by atoms with E-state index in [-0.39, 0.29) is 22.5 Å². The number of carbonyl (C=O) groups is 1. The Bertz CT molecular complexity index is 939. The van der Waals surface area contributed by atoms with Crippen LogP contribution in [0, 0.1) is 0 Å². The van der Waals surface area contributed by atoms with Crippen LogP contribution in [0.1, 0.15) is 19.4 Å². The van der Waals surface area contributed by atoms with E-state index in [2.05, 4.69) is 20.2 Å². The van der Waals surface area contributed by atoms with Gasteiger partial charge in [0.2, 0.25) is 20.3 Å². The zero-order valence-electron chi connectivity index (χ0n) is 14.4. The summed E-state index contributed by atoms with van der Waals surface area (Å²) < 4.78 is 35.9. The van der Waals surface area contributed by atoms with E-state index in [1.807, 2.05) is 26.0 Å². The number of nitrogens with one attached hydrogen (secondary N) is 2. The molecule has 3 rings (SSSR count). The highest BCUT2D eigenvalue weighted by molar-refractivity contribution is 7.92. The molecule has 1 aliphatic heterocycles. The lowest BCUT2D eigenvalue weighted by Crippen LogP contribution is -2.25. The monoisotopic (exact) mass is 398 g/mol. The van der Waals surface area contributed by atoms with E-state index in [0.29, 0.717) is 11.5 Å². The van der Waals surface area contributed by atoms with Crippen LogP contribution in [-0.2, 0) is 21.2 Å². The van der Waals surface area contributed by atoms with E-state index in [4.69, 9.17) is 9.47 Å². The molecular weight excluding hydrogens is 380 g/mol. The van der Waals surface area contributed by atoms with Crippen molar-refractivity contribution in [3.8, 4) is 11.5 Å². The summed E-state index contributed by atoms with van der Waals surface area (Å²) in [5.41, 5.74) is 0.730. The molecule has 26 heavy (non-hydrogen) atoms. The first kappa shape index (κ1) is 18.4. The van der Waals surface area contributed by atoms with Crippen LogP contribution >= 0.6 is 11.3 Å². The van der Waals surface area contributed by atoms with Crippen LogP contribution in [0.4, 0.5) is 10.3 Å². The Morgan fingerprint density at radius 1 is 1.35 bits per heavy atom. The van der Waals surface area contributed by atoms with Crippen LogP contribution in [0.15, 0.2) is 18.2 Å². The standard InChI is InChI=1S/C15H18N4O5S2/c1-15(2)7-9-5-4-6-10(12(9)24-15)23-8-11(20)16-13-17-18-14(25-13)19-26(3,21)22/h4-6H,7-8H2,1-3H3,(H,18,19)(H,16,17,20). The average molecular weight is 398 g/mol. The fraction of sp³-hybridized carbons (Fsp3) is 0.400. The quantitative estimate of drug-likeness (QED) is 0.759. The summed E-state index contributed by atoms with van der Waals surface area (Å²) in [5, 5.41) is 10.1. The second kappa shape index (κ2) is 6.72. The third kappa shape index (κ3) is 4.61. The van der Waals surface area contributed by atoms with Gasteiger partial charge in [-0.05, 0) is 19.9 Å². The number of anilines is 2. The molecule has 0 unspecified atom stereocenters. The Balaban J connectivity index is 1.58. The summed E-state index contributed by atoms with van der Waals surface area (Å²) in [6.45, 7) is 3.73. The minimum absolute atomic E-state index is 0.0697. The second-order valence-electron chi connectivity index (χ2n) is 6.41. The number of rotatable bonds is 6. The van der Waals surface area contributed by atoms with Gasteiger partial charge in [-0.1, -0.05) is 23.5 Å². The van der Waals surface area contributed by atoms with Crippen molar-refractivity contribution < 1.29 is 22.7 Å². The summed E-state index contributed by atoms with van der Waals surface area (Å²) in [4.78, 5) is 12.0. The largest absolute Gasteiger partial charge is 0.483 e. The number of hydrogen-bond acceptors (Lipinski definition) is 8. The number of aromatic nitrogens is 2. The summed E-state index contributed by atoms with van der Waals surface area (Å²) in [6.07, 6.45) is 1.77. The van der Waals surface area contributed by atoms with Gasteiger partial charge in [0.25, 0.3) is 5.91 Å². The average Bonchev–Trinajstić information content (AvgIpc) is 3.05. The van der Waals surface area contributed by atoms with E-state index >= 15 is 0 Å². The Labute approximate surface area is 154 Å². The maximum atomic E-state index is 12.0. The fourth-order valence-electron chi connectivity index (χ4n) is 2.47. The maximum absolute atomic E-state index is 12.0. The number of benzene rings is 1. The SMILES string of the molecule is CC1(C)Cc2cccc(OCC(=O)Nc3nnc(NS(C)(=O)=O)s3)c2O1. The molecule has 2 aromatic rings. The second-order valence-corrected chi connectivity index (χ2v) is 9.13. The van der Waals surface area contributed by atoms with Crippen LogP contribution in [0.5, 0.6) is 11.5 Å². The number of fused-ring (bicyclic) bond motifs is 1. The summed E-state index contributed by atoms with van der Waals surface area (Å²) in [6, 6.07) is 5.56. The van der Waals surface area contributed by atoms with E-state index in [9.17, 15) is 13.2 Å². The zero-order chi connectivity index (χ0) is 18.9. The van der Waals surface area contributed by atoms with E-state index in [0.717, 1.165) is 29.6 Å². The van der Waals surface area contributed by atoms with Gasteiger partial charge < -0.3 is 9.47 Å². The van der Waals surface area contributed by atoms with Crippen LogP contribution in [-0.4, -0.2) is 43.0 Å². The lowest BCUT2D eigenvalue weighted by atomic mass is 10.0. The molecule has 0 radical (unpaired) electrons. The van der Waals surface area contributed by atoms with Crippen LogP contribution in [0.2, 0.25) is 0 Å². The number of ether oxygens (including phenoxy) is 2. The Morgan fingerprint density at radius 3 is 2.81 bits per heavy atom. The molecule has 2 N–H and O–H groups in total. The van der Waals surface area contributed by atoms with E-state index in [1.165, 1.54) is 0 Å². The van der Waals surface area contributed by atoms with Crippen LogP contribution < -0.4 is 19.5 Å². The summed E-state index contributed by atoms with van der Waals surface area (Å²) in [5.74, 6) is 0.711. The molecule has 140 valence electrons. The van der Waals surface area contributed by atoms with Gasteiger partial charge in [-0.25, -0.2) is 8.42 Å². The van der Waals surface area contributed by atoms with Crippen molar-refractivity contribution in [2.24, 2.45) is 0 Å². The van der Waals surface area contributed by atoms with Gasteiger partial charge in [0.15, 0.2) is 18.1 Å². The van der Waals surface area contributed by atoms with Crippen LogP contribution in [0.3, 0.4) is 0 Å². The number of carbonyl (C=O) groups excluding carboxylic acids is 1. The molecule has 0 saturated carbocycles. The first-order chi connectivity index (χ1) is 12.1. The minimum Gasteiger partial charge on any atom is -0.483 e. The molecule has 0 fully saturated rings. The summed E-state index contributed by atoms with van der Waals surface area (Å²) in [7, 11) is -3.45. The highest BCUT2D eigenvalue weighted by Crippen LogP contribution is 2.41. The van der Waals surface area contributed by atoms with Gasteiger partial charge in [0, 0.05) is 12.0 Å². The van der Waals surface area contributed by atoms with Crippen molar-refractivity contribution in [1.82, 2.24) is 10.2 Å². The van der Waals surface area contributed by atoms with Crippen molar-refractivity contribution in [3.63, 3.8) is 0 Å². The molecule has 0 bridgehead atoms. The highest BCUT2D eigenvalue weighted by Gasteiger charge is 2.32. The molecule has 0 spiro atoms. The number of hydrogen-bond donors (Lipinski definition) is 2. The van der Waals surface area contributed by atoms with Gasteiger partial charge in [-0.2, -0.15) is 0 Å². The molecule has 11 heteroatoms.